The van der Waals surface area contributed by atoms with Crippen molar-refractivity contribution < 1.29 is 0 Å². The standard InChI is InChI=1S/C13H14N4S/c14-9-5-6-18-12(9)7-15-8-13-16-10-3-1-2-4-11(10)17-13/h1-6,15H,7-8,14H2,(H,16,17). The van der Waals surface area contributed by atoms with Crippen LogP contribution < -0.4 is 11.1 Å². The van der Waals surface area contributed by atoms with Crippen LogP contribution in [-0.4, -0.2) is 9.97 Å². The number of nitrogen functional groups attached to an aromatic ring is 1. The van der Waals surface area contributed by atoms with E-state index < -0.39 is 0 Å². The fourth-order valence-corrected chi connectivity index (χ4v) is 2.65. The molecule has 0 aliphatic heterocycles. The van der Waals surface area contributed by atoms with Crippen LogP contribution in [0.5, 0.6) is 0 Å². The van der Waals surface area contributed by atoms with Crippen molar-refractivity contribution in [3.63, 3.8) is 0 Å². The number of benzene rings is 1. The third kappa shape index (κ3) is 2.23. The number of hydrogen-bond acceptors (Lipinski definition) is 4. The van der Waals surface area contributed by atoms with E-state index in [0.717, 1.165) is 29.1 Å². The first kappa shape index (κ1) is 11.3. The van der Waals surface area contributed by atoms with Crippen molar-refractivity contribution in [2.24, 2.45) is 0 Å². The van der Waals surface area contributed by atoms with Crippen LogP contribution in [0.3, 0.4) is 0 Å². The zero-order chi connectivity index (χ0) is 12.4. The average molecular weight is 258 g/mol. The Morgan fingerprint density at radius 2 is 2.11 bits per heavy atom. The molecule has 0 atom stereocenters. The summed E-state index contributed by atoms with van der Waals surface area (Å²) in [4.78, 5) is 8.97. The highest BCUT2D eigenvalue weighted by molar-refractivity contribution is 7.10. The molecule has 2 heterocycles. The molecule has 4 nitrogen and oxygen atoms in total. The van der Waals surface area contributed by atoms with Gasteiger partial charge in [0.05, 0.1) is 17.6 Å². The van der Waals surface area contributed by atoms with Crippen molar-refractivity contribution in [3.8, 4) is 0 Å². The van der Waals surface area contributed by atoms with E-state index in [1.165, 1.54) is 4.88 Å². The Balaban J connectivity index is 1.65. The maximum absolute atomic E-state index is 5.83. The van der Waals surface area contributed by atoms with Crippen molar-refractivity contribution in [2.45, 2.75) is 13.1 Å². The number of aromatic nitrogens is 2. The summed E-state index contributed by atoms with van der Waals surface area (Å²) in [5.41, 5.74) is 8.77. The number of para-hydroxylation sites is 2. The largest absolute Gasteiger partial charge is 0.398 e. The normalized spacial score (nSPS) is 11.1. The smallest absolute Gasteiger partial charge is 0.121 e. The SMILES string of the molecule is Nc1ccsc1CNCc1nc2ccccc2[nH]1. The van der Waals surface area contributed by atoms with Gasteiger partial charge in [-0.2, -0.15) is 0 Å². The van der Waals surface area contributed by atoms with Gasteiger partial charge in [-0.1, -0.05) is 12.1 Å². The van der Waals surface area contributed by atoms with Gasteiger partial charge in [0.1, 0.15) is 5.82 Å². The molecule has 2 aromatic heterocycles. The minimum atomic E-state index is 0.714. The van der Waals surface area contributed by atoms with Crippen molar-refractivity contribution in [1.82, 2.24) is 15.3 Å². The van der Waals surface area contributed by atoms with Crippen LogP contribution in [0, 0.1) is 0 Å². The fourth-order valence-electron chi connectivity index (χ4n) is 1.88. The molecule has 0 radical (unpaired) electrons. The summed E-state index contributed by atoms with van der Waals surface area (Å²) in [7, 11) is 0. The second-order valence-corrected chi connectivity index (χ2v) is 5.10. The summed E-state index contributed by atoms with van der Waals surface area (Å²) in [5.74, 6) is 0.950. The number of fused-ring (bicyclic) bond motifs is 1. The van der Waals surface area contributed by atoms with Gasteiger partial charge in [0.2, 0.25) is 0 Å². The lowest BCUT2D eigenvalue weighted by Gasteiger charge is -2.01. The molecule has 18 heavy (non-hydrogen) atoms. The van der Waals surface area contributed by atoms with E-state index in [1.54, 1.807) is 11.3 Å². The van der Waals surface area contributed by atoms with E-state index >= 15 is 0 Å². The molecule has 92 valence electrons. The zero-order valence-electron chi connectivity index (χ0n) is 9.81. The maximum Gasteiger partial charge on any atom is 0.121 e. The molecule has 3 aromatic rings. The van der Waals surface area contributed by atoms with Crippen LogP contribution in [-0.2, 0) is 13.1 Å². The Labute approximate surface area is 109 Å². The van der Waals surface area contributed by atoms with Gasteiger partial charge in [-0.15, -0.1) is 11.3 Å². The van der Waals surface area contributed by atoms with Gasteiger partial charge < -0.3 is 16.0 Å². The predicted octanol–water partition coefficient (Wildman–Crippen LogP) is 2.50. The highest BCUT2D eigenvalue weighted by Gasteiger charge is 2.03. The summed E-state index contributed by atoms with van der Waals surface area (Å²) in [6.45, 7) is 1.49. The van der Waals surface area contributed by atoms with E-state index in [4.69, 9.17) is 5.73 Å². The van der Waals surface area contributed by atoms with Gasteiger partial charge in [0, 0.05) is 17.1 Å². The number of nitrogens with zero attached hydrogens (tertiary/aromatic N) is 1. The minimum absolute atomic E-state index is 0.714. The lowest BCUT2D eigenvalue weighted by atomic mass is 10.3. The summed E-state index contributed by atoms with van der Waals surface area (Å²) in [6, 6.07) is 9.97. The van der Waals surface area contributed by atoms with E-state index in [9.17, 15) is 0 Å². The number of nitrogens with one attached hydrogen (secondary N) is 2. The Kier molecular flexibility index (Phi) is 3.00. The molecule has 0 saturated carbocycles. The van der Waals surface area contributed by atoms with Crippen LogP contribution in [0.2, 0.25) is 0 Å². The number of aromatic amines is 1. The summed E-state index contributed by atoms with van der Waals surface area (Å²) >= 11 is 1.67. The Morgan fingerprint density at radius 3 is 2.89 bits per heavy atom. The molecular weight excluding hydrogens is 244 g/mol. The molecule has 0 fully saturated rings. The average Bonchev–Trinajstić information content (AvgIpc) is 2.96. The van der Waals surface area contributed by atoms with Crippen LogP contribution in [0.4, 0.5) is 5.69 Å². The molecule has 0 amide bonds. The molecule has 0 aliphatic carbocycles. The number of nitrogens with two attached hydrogens (primary N) is 1. The predicted molar refractivity (Wildman–Crippen MR) is 75.4 cm³/mol. The molecule has 4 N–H and O–H groups in total. The van der Waals surface area contributed by atoms with E-state index in [0.29, 0.717) is 6.54 Å². The topological polar surface area (TPSA) is 66.7 Å². The van der Waals surface area contributed by atoms with Crippen LogP contribution >= 0.6 is 11.3 Å². The first-order valence-corrected chi connectivity index (χ1v) is 6.67. The molecule has 0 aliphatic rings. The van der Waals surface area contributed by atoms with Crippen molar-refractivity contribution in [2.75, 3.05) is 5.73 Å². The van der Waals surface area contributed by atoms with E-state index in [-0.39, 0.29) is 0 Å². The van der Waals surface area contributed by atoms with Crippen molar-refractivity contribution in [1.29, 1.82) is 0 Å². The summed E-state index contributed by atoms with van der Waals surface area (Å²) in [6.07, 6.45) is 0. The first-order chi connectivity index (χ1) is 8.83. The van der Waals surface area contributed by atoms with Crippen LogP contribution in [0.1, 0.15) is 10.7 Å². The molecule has 5 heteroatoms. The molecule has 0 unspecified atom stereocenters. The highest BCUT2D eigenvalue weighted by Crippen LogP contribution is 2.18. The molecule has 0 bridgehead atoms. The van der Waals surface area contributed by atoms with Gasteiger partial charge in [0.25, 0.3) is 0 Å². The highest BCUT2D eigenvalue weighted by atomic mass is 32.1. The Hall–Kier alpha value is -1.85. The van der Waals surface area contributed by atoms with Gasteiger partial charge in [-0.3, -0.25) is 0 Å². The minimum Gasteiger partial charge on any atom is -0.398 e. The molecular formula is C13H14N4S. The van der Waals surface area contributed by atoms with E-state index in [2.05, 4.69) is 15.3 Å². The van der Waals surface area contributed by atoms with Gasteiger partial charge in [0.15, 0.2) is 0 Å². The Morgan fingerprint density at radius 1 is 1.22 bits per heavy atom. The quantitative estimate of drug-likeness (QED) is 0.673. The first-order valence-electron chi connectivity index (χ1n) is 5.79. The van der Waals surface area contributed by atoms with Crippen molar-refractivity contribution in [3.05, 3.63) is 46.4 Å². The molecule has 3 rings (SSSR count). The second-order valence-electron chi connectivity index (χ2n) is 4.10. The number of H-pyrrole nitrogens is 1. The van der Waals surface area contributed by atoms with Gasteiger partial charge in [-0.25, -0.2) is 4.98 Å². The number of anilines is 1. The zero-order valence-corrected chi connectivity index (χ0v) is 10.6. The molecule has 1 aromatic carbocycles. The lowest BCUT2D eigenvalue weighted by molar-refractivity contribution is 0.677. The lowest BCUT2D eigenvalue weighted by Crippen LogP contribution is -2.13. The number of thiophene rings is 1. The number of rotatable bonds is 4. The Bertz CT molecular complexity index is 623. The maximum atomic E-state index is 5.83. The van der Waals surface area contributed by atoms with Gasteiger partial charge in [-0.05, 0) is 23.6 Å². The third-order valence-corrected chi connectivity index (χ3v) is 3.73. The van der Waals surface area contributed by atoms with Crippen LogP contribution in [0.25, 0.3) is 11.0 Å². The van der Waals surface area contributed by atoms with E-state index in [1.807, 2.05) is 35.7 Å². The fraction of sp³-hybridized carbons (Fsp3) is 0.154. The number of imidazole rings is 1. The van der Waals surface area contributed by atoms with Crippen molar-refractivity contribution >= 4 is 28.1 Å². The molecule has 0 saturated heterocycles. The third-order valence-electron chi connectivity index (χ3n) is 2.80. The monoisotopic (exact) mass is 258 g/mol. The molecule has 0 spiro atoms. The summed E-state index contributed by atoms with van der Waals surface area (Å²) in [5, 5.41) is 5.35. The van der Waals surface area contributed by atoms with Gasteiger partial charge >= 0.3 is 0 Å². The summed E-state index contributed by atoms with van der Waals surface area (Å²) < 4.78 is 0. The second kappa shape index (κ2) is 4.80. The van der Waals surface area contributed by atoms with Crippen LogP contribution in [0.15, 0.2) is 35.7 Å². The number of hydrogen-bond donors (Lipinski definition) is 3.